The maximum absolute atomic E-state index is 12.9. The zero-order chi connectivity index (χ0) is 24.1. The van der Waals surface area contributed by atoms with Crippen LogP contribution in [0.15, 0.2) is 18.2 Å². The molecule has 3 aliphatic carbocycles. The molecule has 0 saturated heterocycles. The predicted molar refractivity (Wildman–Crippen MR) is 140 cm³/mol. The van der Waals surface area contributed by atoms with Crippen LogP contribution >= 0.6 is 0 Å². The maximum atomic E-state index is 12.9. The Balaban J connectivity index is 1.60. The molecule has 5 unspecified atom stereocenters. The molecule has 1 aromatic carbocycles. The minimum Gasteiger partial charge on any atom is -0.494 e. The summed E-state index contributed by atoms with van der Waals surface area (Å²) >= 11 is 0. The number of Topliss-reactive ketones (excluding diaryl/α,β-unsaturated/α-hetero) is 1. The van der Waals surface area contributed by atoms with Gasteiger partial charge in [-0.15, -0.1) is 0 Å². The average molecular weight is 469 g/mol. The van der Waals surface area contributed by atoms with Crippen LogP contribution in [0.1, 0.15) is 115 Å². The van der Waals surface area contributed by atoms with Gasteiger partial charge < -0.3 is 9.47 Å². The first-order valence-corrected chi connectivity index (χ1v) is 14.4. The number of ether oxygens (including phenoxy) is 2. The second-order valence-electron chi connectivity index (χ2n) is 11.7. The van der Waals surface area contributed by atoms with Crippen molar-refractivity contribution in [2.75, 3.05) is 13.2 Å². The molecule has 0 spiro atoms. The van der Waals surface area contributed by atoms with Gasteiger partial charge >= 0.3 is 0 Å². The van der Waals surface area contributed by atoms with Crippen LogP contribution < -0.4 is 4.74 Å². The second kappa shape index (κ2) is 11.6. The topological polar surface area (TPSA) is 35.5 Å². The van der Waals surface area contributed by atoms with Crippen LogP contribution in [0.4, 0.5) is 0 Å². The first-order valence-electron chi connectivity index (χ1n) is 14.4. The van der Waals surface area contributed by atoms with Crippen molar-refractivity contribution >= 4 is 5.78 Å². The molecule has 0 heterocycles. The number of hydrogen-bond donors (Lipinski definition) is 0. The smallest absolute Gasteiger partial charge is 0.133 e. The molecule has 6 atom stereocenters. The molecule has 0 aliphatic heterocycles. The monoisotopic (exact) mass is 468 g/mol. The highest BCUT2D eigenvalue weighted by molar-refractivity contribution is 5.78. The maximum Gasteiger partial charge on any atom is 0.133 e. The van der Waals surface area contributed by atoms with Gasteiger partial charge in [-0.1, -0.05) is 46.6 Å². The van der Waals surface area contributed by atoms with E-state index < -0.39 is 0 Å². The third-order valence-corrected chi connectivity index (χ3v) is 9.33. The summed E-state index contributed by atoms with van der Waals surface area (Å²) in [6.07, 6.45) is 13.4. The quantitative estimate of drug-likeness (QED) is 0.293. The Kier molecular flexibility index (Phi) is 8.77. The van der Waals surface area contributed by atoms with Crippen molar-refractivity contribution in [3.63, 3.8) is 0 Å². The van der Waals surface area contributed by atoms with Crippen LogP contribution in [0.25, 0.3) is 0 Å². The van der Waals surface area contributed by atoms with Gasteiger partial charge in [-0.3, -0.25) is 4.79 Å². The Labute approximate surface area is 208 Å². The molecule has 4 rings (SSSR count). The molecule has 3 nitrogen and oxygen atoms in total. The van der Waals surface area contributed by atoms with Crippen molar-refractivity contribution in [2.45, 2.75) is 117 Å². The van der Waals surface area contributed by atoms with Crippen LogP contribution in [-0.4, -0.2) is 25.1 Å². The minimum absolute atomic E-state index is 0.215. The lowest BCUT2D eigenvalue weighted by molar-refractivity contribution is -0.123. The van der Waals surface area contributed by atoms with E-state index in [1.807, 2.05) is 0 Å². The number of ketones is 1. The number of aryl methyl sites for hydroxylation is 1. The largest absolute Gasteiger partial charge is 0.494 e. The van der Waals surface area contributed by atoms with Gasteiger partial charge in [0.2, 0.25) is 0 Å². The van der Waals surface area contributed by atoms with Crippen molar-refractivity contribution in [3.8, 4) is 5.75 Å². The van der Waals surface area contributed by atoms with Crippen molar-refractivity contribution in [2.24, 2.45) is 23.2 Å². The van der Waals surface area contributed by atoms with E-state index in [9.17, 15) is 4.79 Å². The molecule has 190 valence electrons. The first kappa shape index (κ1) is 25.7. The molecule has 0 radical (unpaired) electrons. The Bertz CT molecular complexity index is 817. The first-order chi connectivity index (χ1) is 16.5. The molecule has 0 amide bonds. The zero-order valence-electron chi connectivity index (χ0n) is 22.2. The second-order valence-corrected chi connectivity index (χ2v) is 11.7. The molecule has 3 heteroatoms. The lowest BCUT2D eigenvalue weighted by Gasteiger charge is -2.54. The van der Waals surface area contributed by atoms with Gasteiger partial charge in [-0.2, -0.15) is 0 Å². The Morgan fingerprint density at radius 3 is 2.59 bits per heavy atom. The van der Waals surface area contributed by atoms with Gasteiger partial charge in [-0.25, -0.2) is 0 Å². The van der Waals surface area contributed by atoms with Gasteiger partial charge in [0.05, 0.1) is 12.7 Å². The van der Waals surface area contributed by atoms with E-state index in [2.05, 4.69) is 45.9 Å². The third-order valence-electron chi connectivity index (χ3n) is 9.33. The lowest BCUT2D eigenvalue weighted by Crippen LogP contribution is -2.49. The Hall–Kier alpha value is -1.35. The molecule has 2 saturated carbocycles. The van der Waals surface area contributed by atoms with E-state index in [-0.39, 0.29) is 5.41 Å². The van der Waals surface area contributed by atoms with Crippen molar-refractivity contribution in [1.82, 2.24) is 0 Å². The average Bonchev–Trinajstić information content (AvgIpc) is 3.15. The van der Waals surface area contributed by atoms with Gasteiger partial charge in [-0.05, 0) is 104 Å². The molecular weight excluding hydrogens is 420 g/mol. The number of hydrogen-bond acceptors (Lipinski definition) is 3. The number of benzene rings is 1. The van der Waals surface area contributed by atoms with E-state index in [1.54, 1.807) is 0 Å². The number of rotatable bonds is 12. The molecule has 0 N–H and O–H groups in total. The molecule has 1 aromatic rings. The molecular formula is C31H48O3. The number of fused-ring (bicyclic) bond motifs is 5. The van der Waals surface area contributed by atoms with Crippen LogP contribution in [-0.2, 0) is 16.0 Å². The summed E-state index contributed by atoms with van der Waals surface area (Å²) in [5, 5.41) is 0. The summed E-state index contributed by atoms with van der Waals surface area (Å²) in [6.45, 7) is 10.8. The fraction of sp³-hybridized carbons (Fsp3) is 0.774. The highest BCUT2D eigenvalue weighted by atomic mass is 16.5. The molecule has 34 heavy (non-hydrogen) atoms. The fourth-order valence-electron chi connectivity index (χ4n) is 7.76. The summed E-state index contributed by atoms with van der Waals surface area (Å²) in [4.78, 5) is 12.9. The molecule has 3 aliphatic rings. The third kappa shape index (κ3) is 5.25. The van der Waals surface area contributed by atoms with Gasteiger partial charge in [0.15, 0.2) is 0 Å². The van der Waals surface area contributed by atoms with E-state index >= 15 is 0 Å². The van der Waals surface area contributed by atoms with Gasteiger partial charge in [0.1, 0.15) is 11.5 Å². The van der Waals surface area contributed by atoms with Gasteiger partial charge in [0, 0.05) is 19.4 Å². The molecule has 2 fully saturated rings. The number of unbranched alkanes of at least 4 members (excludes halogenated alkanes) is 2. The lowest BCUT2D eigenvalue weighted by atomic mass is 9.51. The number of carbonyl (C=O) groups excluding carboxylic acids is 1. The Morgan fingerprint density at radius 1 is 1.03 bits per heavy atom. The van der Waals surface area contributed by atoms with Gasteiger partial charge in [0.25, 0.3) is 0 Å². The summed E-state index contributed by atoms with van der Waals surface area (Å²) in [5.41, 5.74) is 3.21. The standard InChI is InChI=1S/C31H48O3/c1-5-8-17-33-25-12-14-26-22(20-25)11-13-27-28-15-16-29(34-18-9-6-2)31(28,4)21-23(30(26)27)19-24(32)10-7-3/h12,14,20,23,27-30H,5-11,13,15-19,21H2,1-4H3/t23-,27?,28?,29?,30?,31?/m0/s1. The summed E-state index contributed by atoms with van der Waals surface area (Å²) in [6, 6.07) is 6.86. The van der Waals surface area contributed by atoms with Crippen LogP contribution in [0.5, 0.6) is 5.75 Å². The molecule has 0 aromatic heterocycles. The highest BCUT2D eigenvalue weighted by Crippen LogP contribution is 2.64. The summed E-state index contributed by atoms with van der Waals surface area (Å²) in [7, 11) is 0. The van der Waals surface area contributed by atoms with Crippen LogP contribution in [0, 0.1) is 23.2 Å². The normalized spacial score (nSPS) is 32.1. The van der Waals surface area contributed by atoms with Crippen LogP contribution in [0.2, 0.25) is 0 Å². The van der Waals surface area contributed by atoms with Crippen LogP contribution in [0.3, 0.4) is 0 Å². The van der Waals surface area contributed by atoms with E-state index in [1.165, 1.54) is 36.8 Å². The highest BCUT2D eigenvalue weighted by Gasteiger charge is 2.58. The van der Waals surface area contributed by atoms with E-state index in [0.29, 0.717) is 29.6 Å². The zero-order valence-corrected chi connectivity index (χ0v) is 22.2. The molecule has 0 bridgehead atoms. The SMILES string of the molecule is CCCCOc1ccc2c(c1)CCC1C2[C@@H](CC(=O)CCC)CC2(C)C(OCCCC)CCC12. The van der Waals surface area contributed by atoms with E-state index in [4.69, 9.17) is 9.47 Å². The van der Waals surface area contributed by atoms with Crippen molar-refractivity contribution in [1.29, 1.82) is 0 Å². The van der Waals surface area contributed by atoms with Crippen molar-refractivity contribution in [3.05, 3.63) is 29.3 Å². The number of carbonyl (C=O) groups is 1. The minimum atomic E-state index is 0.215. The summed E-state index contributed by atoms with van der Waals surface area (Å²) in [5.74, 6) is 3.83. The van der Waals surface area contributed by atoms with Crippen molar-refractivity contribution < 1.29 is 14.3 Å². The summed E-state index contributed by atoms with van der Waals surface area (Å²) < 4.78 is 12.6. The van der Waals surface area contributed by atoms with E-state index in [0.717, 1.165) is 76.2 Å². The predicted octanol–water partition coefficient (Wildman–Crippen LogP) is 7.89. The Morgan fingerprint density at radius 2 is 1.82 bits per heavy atom. The fourth-order valence-corrected chi connectivity index (χ4v) is 7.76.